The third kappa shape index (κ3) is 2.02. The Bertz CT molecular complexity index is 366. The molecular formula is C16H24ClNO. The largest absolute Gasteiger partial charge is 0.355 e. The Labute approximate surface area is 120 Å². The van der Waals surface area contributed by atoms with Crippen LogP contribution in [0.15, 0.2) is 0 Å². The Balaban J connectivity index is 1.44. The molecule has 5 saturated carbocycles. The summed E-state index contributed by atoms with van der Waals surface area (Å²) in [4.78, 5) is 12.7. The molecule has 3 heteroatoms. The first kappa shape index (κ1) is 12.5. The van der Waals surface area contributed by atoms with E-state index in [0.29, 0.717) is 11.8 Å². The highest BCUT2D eigenvalue weighted by Gasteiger charge is 2.55. The minimum absolute atomic E-state index is 0.0111. The minimum Gasteiger partial charge on any atom is -0.355 e. The first-order chi connectivity index (χ1) is 9.13. The lowest BCUT2D eigenvalue weighted by atomic mass is 9.49. The number of halogens is 1. The molecule has 0 aromatic heterocycles. The highest BCUT2D eigenvalue weighted by molar-refractivity contribution is 6.18. The van der Waals surface area contributed by atoms with E-state index in [9.17, 15) is 4.79 Å². The fourth-order valence-corrected chi connectivity index (χ4v) is 5.74. The maximum Gasteiger partial charge on any atom is 0.226 e. The molecule has 0 spiro atoms. The zero-order valence-corrected chi connectivity index (χ0v) is 12.3. The number of rotatable bonds is 4. The Morgan fingerprint density at radius 2 is 1.58 bits per heavy atom. The summed E-state index contributed by atoms with van der Waals surface area (Å²) in [7, 11) is 0. The quantitative estimate of drug-likeness (QED) is 0.787. The highest BCUT2D eigenvalue weighted by atomic mass is 35.5. The van der Waals surface area contributed by atoms with Crippen LogP contribution < -0.4 is 5.32 Å². The van der Waals surface area contributed by atoms with E-state index in [1.54, 1.807) is 0 Å². The van der Waals surface area contributed by atoms with Crippen LogP contribution in [0.1, 0.15) is 51.4 Å². The molecule has 5 fully saturated rings. The molecule has 19 heavy (non-hydrogen) atoms. The van der Waals surface area contributed by atoms with Crippen LogP contribution in [-0.4, -0.2) is 18.3 Å². The second-order valence-electron chi connectivity index (χ2n) is 8.01. The maximum absolute atomic E-state index is 12.7. The Hall–Kier alpha value is -0.240. The molecule has 0 unspecified atom stereocenters. The van der Waals surface area contributed by atoms with Gasteiger partial charge in [-0.15, -0.1) is 11.6 Å². The molecule has 0 saturated heterocycles. The van der Waals surface area contributed by atoms with Crippen molar-refractivity contribution in [2.24, 2.45) is 28.6 Å². The van der Waals surface area contributed by atoms with Crippen LogP contribution in [0.2, 0.25) is 0 Å². The molecule has 0 heterocycles. The van der Waals surface area contributed by atoms with Gasteiger partial charge in [-0.05, 0) is 69.1 Å². The van der Waals surface area contributed by atoms with Gasteiger partial charge in [0.1, 0.15) is 0 Å². The van der Waals surface area contributed by atoms with Crippen molar-refractivity contribution in [3.05, 3.63) is 0 Å². The van der Waals surface area contributed by atoms with Crippen LogP contribution in [0.25, 0.3) is 0 Å². The van der Waals surface area contributed by atoms with E-state index in [1.165, 1.54) is 51.4 Å². The summed E-state index contributed by atoms with van der Waals surface area (Å²) in [6.07, 6.45) is 10.1. The first-order valence-electron chi connectivity index (χ1n) is 7.97. The molecule has 2 nitrogen and oxygen atoms in total. The van der Waals surface area contributed by atoms with Crippen molar-refractivity contribution in [3.63, 3.8) is 0 Å². The molecule has 0 aliphatic heterocycles. The van der Waals surface area contributed by atoms with E-state index < -0.39 is 0 Å². The van der Waals surface area contributed by atoms with Gasteiger partial charge in [-0.1, -0.05) is 0 Å². The predicted octanol–water partition coefficient (Wildman–Crippen LogP) is 3.34. The molecule has 0 aromatic carbocycles. The second kappa shape index (κ2) is 4.13. The number of carbonyl (C=O) groups is 1. The van der Waals surface area contributed by atoms with Gasteiger partial charge in [-0.2, -0.15) is 0 Å². The fourth-order valence-electron chi connectivity index (χ4n) is 5.38. The Kier molecular flexibility index (Phi) is 2.72. The first-order valence-corrected chi connectivity index (χ1v) is 8.51. The van der Waals surface area contributed by atoms with Gasteiger partial charge in [0.25, 0.3) is 0 Å². The predicted molar refractivity (Wildman–Crippen MR) is 76.0 cm³/mol. The van der Waals surface area contributed by atoms with Crippen LogP contribution in [0, 0.1) is 28.6 Å². The molecule has 0 radical (unpaired) electrons. The third-order valence-electron chi connectivity index (χ3n) is 6.38. The van der Waals surface area contributed by atoms with E-state index in [-0.39, 0.29) is 10.8 Å². The van der Waals surface area contributed by atoms with Crippen molar-refractivity contribution >= 4 is 17.5 Å². The van der Waals surface area contributed by atoms with Gasteiger partial charge in [0.15, 0.2) is 0 Å². The van der Waals surface area contributed by atoms with Crippen LogP contribution in [-0.2, 0) is 4.79 Å². The molecule has 106 valence electrons. The van der Waals surface area contributed by atoms with E-state index >= 15 is 0 Å². The summed E-state index contributed by atoms with van der Waals surface area (Å²) in [6, 6.07) is 0. The summed E-state index contributed by atoms with van der Waals surface area (Å²) in [5.74, 6) is 3.61. The molecule has 0 aromatic rings. The van der Waals surface area contributed by atoms with Crippen molar-refractivity contribution in [2.75, 3.05) is 12.4 Å². The van der Waals surface area contributed by atoms with E-state index in [4.69, 9.17) is 11.6 Å². The number of alkyl halides is 1. The van der Waals surface area contributed by atoms with Gasteiger partial charge in [0, 0.05) is 23.3 Å². The number of carbonyl (C=O) groups excluding carboxylic acids is 1. The SMILES string of the molecule is O=C(NCC1(CCl)CC1)C12CC3CC(CC(C3)C1)C2. The van der Waals surface area contributed by atoms with Crippen LogP contribution in [0.5, 0.6) is 0 Å². The molecule has 5 rings (SSSR count). The van der Waals surface area contributed by atoms with Crippen LogP contribution in [0.3, 0.4) is 0 Å². The van der Waals surface area contributed by atoms with Gasteiger partial charge < -0.3 is 5.32 Å². The fraction of sp³-hybridized carbons (Fsp3) is 0.938. The number of hydrogen-bond donors (Lipinski definition) is 1. The molecule has 5 aliphatic carbocycles. The molecular weight excluding hydrogens is 258 g/mol. The van der Waals surface area contributed by atoms with Crippen molar-refractivity contribution in [2.45, 2.75) is 51.4 Å². The standard InChI is InChI=1S/C16H24ClNO/c17-9-15(1-2-15)10-18-14(19)16-6-11-3-12(7-16)5-13(4-11)8-16/h11-13H,1-10H2,(H,18,19). The molecule has 0 atom stereocenters. The van der Waals surface area contributed by atoms with Gasteiger partial charge in [0.2, 0.25) is 5.91 Å². The maximum atomic E-state index is 12.7. The lowest BCUT2D eigenvalue weighted by molar-refractivity contribution is -0.146. The zero-order chi connectivity index (χ0) is 13.1. The summed E-state index contributed by atoms with van der Waals surface area (Å²) >= 11 is 6.01. The van der Waals surface area contributed by atoms with E-state index in [1.807, 2.05) is 0 Å². The van der Waals surface area contributed by atoms with Crippen molar-refractivity contribution in [1.29, 1.82) is 0 Å². The lowest BCUT2D eigenvalue weighted by Gasteiger charge is -2.55. The highest BCUT2D eigenvalue weighted by Crippen LogP contribution is 2.60. The van der Waals surface area contributed by atoms with Crippen molar-refractivity contribution in [3.8, 4) is 0 Å². The number of amides is 1. The van der Waals surface area contributed by atoms with Gasteiger partial charge in [-0.25, -0.2) is 0 Å². The van der Waals surface area contributed by atoms with Gasteiger partial charge >= 0.3 is 0 Å². The smallest absolute Gasteiger partial charge is 0.226 e. The van der Waals surface area contributed by atoms with Crippen LogP contribution >= 0.6 is 11.6 Å². The molecule has 1 N–H and O–H groups in total. The normalized spacial score (nSPS) is 45.2. The number of hydrogen-bond acceptors (Lipinski definition) is 1. The third-order valence-corrected chi connectivity index (χ3v) is 6.95. The van der Waals surface area contributed by atoms with Gasteiger partial charge in [-0.3, -0.25) is 4.79 Å². The summed E-state index contributed by atoms with van der Waals surface area (Å²) in [5.41, 5.74) is 0.261. The zero-order valence-electron chi connectivity index (χ0n) is 11.6. The Morgan fingerprint density at radius 1 is 1.05 bits per heavy atom. The average molecular weight is 282 g/mol. The molecule has 5 aliphatic rings. The number of nitrogens with one attached hydrogen (secondary N) is 1. The monoisotopic (exact) mass is 281 g/mol. The van der Waals surface area contributed by atoms with E-state index in [2.05, 4.69) is 5.32 Å². The summed E-state index contributed by atoms with van der Waals surface area (Å²) in [6.45, 7) is 0.817. The Morgan fingerprint density at radius 3 is 2.00 bits per heavy atom. The molecule has 4 bridgehead atoms. The topological polar surface area (TPSA) is 29.1 Å². The average Bonchev–Trinajstić information content (AvgIpc) is 3.15. The van der Waals surface area contributed by atoms with Crippen LogP contribution in [0.4, 0.5) is 0 Å². The second-order valence-corrected chi connectivity index (χ2v) is 8.28. The van der Waals surface area contributed by atoms with E-state index in [0.717, 1.165) is 24.3 Å². The van der Waals surface area contributed by atoms with Crippen molar-refractivity contribution in [1.82, 2.24) is 5.32 Å². The molecule has 1 amide bonds. The summed E-state index contributed by atoms with van der Waals surface area (Å²) in [5, 5.41) is 3.27. The van der Waals surface area contributed by atoms with Gasteiger partial charge in [0.05, 0.1) is 0 Å². The summed E-state index contributed by atoms with van der Waals surface area (Å²) < 4.78 is 0. The minimum atomic E-state index is 0.0111. The lowest BCUT2D eigenvalue weighted by Crippen LogP contribution is -2.54. The van der Waals surface area contributed by atoms with Crippen molar-refractivity contribution < 1.29 is 4.79 Å².